The van der Waals surface area contributed by atoms with Crippen LogP contribution in [0.5, 0.6) is 0 Å². The summed E-state index contributed by atoms with van der Waals surface area (Å²) < 4.78 is 37.7. The first-order chi connectivity index (χ1) is 9.82. The Hall–Kier alpha value is -1.77. The highest BCUT2D eigenvalue weighted by molar-refractivity contribution is 6.31. The average molecular weight is 331 g/mol. The Kier molecular flexibility index (Phi) is 4.40. The minimum Gasteiger partial charge on any atom is -0.257 e. The SMILES string of the molecule is N#C[C@@H](c1ccc(Cl)cc1)c1ncc(C(F)(F)F)cc1Cl. The van der Waals surface area contributed by atoms with E-state index >= 15 is 0 Å². The molecule has 0 saturated carbocycles. The van der Waals surface area contributed by atoms with E-state index in [0.717, 1.165) is 6.07 Å². The quantitative estimate of drug-likeness (QED) is 0.771. The standard InChI is InChI=1S/C14H7Cl2F3N2/c15-10-3-1-8(2-4-10)11(6-20)13-12(16)5-9(7-21-13)14(17,18)19/h1-5,7,11H/t11-/m0/s1. The molecule has 0 fully saturated rings. The summed E-state index contributed by atoms with van der Waals surface area (Å²) >= 11 is 11.6. The van der Waals surface area contributed by atoms with Crippen LogP contribution in [0.2, 0.25) is 10.0 Å². The number of rotatable bonds is 2. The van der Waals surface area contributed by atoms with Gasteiger partial charge in [-0.3, -0.25) is 4.98 Å². The summed E-state index contributed by atoms with van der Waals surface area (Å²) in [5, 5.41) is 9.54. The summed E-state index contributed by atoms with van der Waals surface area (Å²) in [6, 6.07) is 9.12. The van der Waals surface area contributed by atoms with Crippen LogP contribution in [0.1, 0.15) is 22.7 Å². The van der Waals surface area contributed by atoms with Crippen molar-refractivity contribution < 1.29 is 13.2 Å². The minimum atomic E-state index is -4.53. The zero-order valence-electron chi connectivity index (χ0n) is 10.3. The molecule has 2 nitrogen and oxygen atoms in total. The first-order valence-electron chi connectivity index (χ1n) is 5.70. The van der Waals surface area contributed by atoms with Gasteiger partial charge in [0.25, 0.3) is 0 Å². The van der Waals surface area contributed by atoms with Gasteiger partial charge < -0.3 is 0 Å². The molecule has 0 spiro atoms. The predicted octanol–water partition coefficient (Wildman–Crippen LogP) is 5.06. The number of nitriles is 1. The number of pyridine rings is 1. The molecule has 1 aromatic heterocycles. The number of nitrogens with zero attached hydrogens (tertiary/aromatic N) is 2. The Labute approximate surface area is 128 Å². The average Bonchev–Trinajstić information content (AvgIpc) is 2.42. The van der Waals surface area contributed by atoms with Gasteiger partial charge in [0.15, 0.2) is 0 Å². The number of benzene rings is 1. The summed E-state index contributed by atoms with van der Waals surface area (Å²) in [4.78, 5) is 3.71. The molecular weight excluding hydrogens is 324 g/mol. The number of aromatic nitrogens is 1. The fourth-order valence-electron chi connectivity index (χ4n) is 1.76. The van der Waals surface area contributed by atoms with Gasteiger partial charge in [0.1, 0.15) is 5.92 Å². The molecule has 21 heavy (non-hydrogen) atoms. The minimum absolute atomic E-state index is 0.0782. The molecule has 0 bridgehead atoms. The summed E-state index contributed by atoms with van der Waals surface area (Å²) in [7, 11) is 0. The maximum atomic E-state index is 12.6. The van der Waals surface area contributed by atoms with Crippen LogP contribution in [0.25, 0.3) is 0 Å². The molecule has 0 aliphatic carbocycles. The van der Waals surface area contributed by atoms with Crippen molar-refractivity contribution in [1.29, 1.82) is 5.26 Å². The summed E-state index contributed by atoms with van der Waals surface area (Å²) in [5.74, 6) is -0.864. The van der Waals surface area contributed by atoms with Crippen LogP contribution in [0.4, 0.5) is 13.2 Å². The lowest BCUT2D eigenvalue weighted by atomic mass is 9.96. The van der Waals surface area contributed by atoms with Crippen molar-refractivity contribution in [3.8, 4) is 6.07 Å². The smallest absolute Gasteiger partial charge is 0.257 e. The molecule has 2 rings (SSSR count). The first kappa shape index (κ1) is 15.6. The second kappa shape index (κ2) is 5.92. The van der Waals surface area contributed by atoms with Crippen molar-refractivity contribution in [3.63, 3.8) is 0 Å². The van der Waals surface area contributed by atoms with Crippen LogP contribution in [0.15, 0.2) is 36.5 Å². The van der Waals surface area contributed by atoms with E-state index in [1.165, 1.54) is 0 Å². The molecule has 1 atom stereocenters. The summed E-state index contributed by atoms with van der Waals surface area (Å²) in [6.07, 6.45) is -3.86. The number of halogens is 5. The third-order valence-corrected chi connectivity index (χ3v) is 3.36. The normalized spacial score (nSPS) is 12.8. The lowest BCUT2D eigenvalue weighted by Crippen LogP contribution is -2.08. The number of alkyl halides is 3. The van der Waals surface area contributed by atoms with Gasteiger partial charge in [0, 0.05) is 11.2 Å². The van der Waals surface area contributed by atoms with Crippen LogP contribution >= 0.6 is 23.2 Å². The van der Waals surface area contributed by atoms with Gasteiger partial charge in [-0.25, -0.2) is 0 Å². The zero-order chi connectivity index (χ0) is 15.6. The lowest BCUT2D eigenvalue weighted by molar-refractivity contribution is -0.137. The zero-order valence-corrected chi connectivity index (χ0v) is 11.8. The summed E-state index contributed by atoms with van der Waals surface area (Å²) in [6.45, 7) is 0. The third kappa shape index (κ3) is 3.46. The molecule has 108 valence electrons. The Morgan fingerprint density at radius 2 is 1.76 bits per heavy atom. The second-order valence-corrected chi connectivity index (χ2v) is 5.05. The number of hydrogen-bond donors (Lipinski definition) is 0. The van der Waals surface area contributed by atoms with Gasteiger partial charge >= 0.3 is 6.18 Å². The van der Waals surface area contributed by atoms with Gasteiger partial charge in [0.05, 0.1) is 22.3 Å². The predicted molar refractivity (Wildman–Crippen MR) is 73.2 cm³/mol. The highest BCUT2D eigenvalue weighted by Crippen LogP contribution is 2.34. The van der Waals surface area contributed by atoms with Gasteiger partial charge in [-0.2, -0.15) is 18.4 Å². The van der Waals surface area contributed by atoms with E-state index in [9.17, 15) is 18.4 Å². The molecule has 0 radical (unpaired) electrons. The van der Waals surface area contributed by atoms with Crippen LogP contribution in [-0.2, 0) is 6.18 Å². The van der Waals surface area contributed by atoms with Crippen LogP contribution < -0.4 is 0 Å². The fraction of sp³-hybridized carbons (Fsp3) is 0.143. The van der Waals surface area contributed by atoms with Crippen LogP contribution in [0, 0.1) is 11.3 Å². The number of hydrogen-bond acceptors (Lipinski definition) is 2. The highest BCUT2D eigenvalue weighted by atomic mass is 35.5. The van der Waals surface area contributed by atoms with E-state index in [0.29, 0.717) is 16.8 Å². The van der Waals surface area contributed by atoms with E-state index in [4.69, 9.17) is 23.2 Å². The molecule has 0 unspecified atom stereocenters. The van der Waals surface area contributed by atoms with Crippen LogP contribution in [0.3, 0.4) is 0 Å². The summed E-state index contributed by atoms with van der Waals surface area (Å²) in [5.41, 5.74) is -0.324. The van der Waals surface area contributed by atoms with E-state index in [2.05, 4.69) is 4.98 Å². The molecule has 0 aliphatic heterocycles. The topological polar surface area (TPSA) is 36.7 Å². The van der Waals surface area contributed by atoms with Crippen LogP contribution in [-0.4, -0.2) is 4.98 Å². The van der Waals surface area contributed by atoms with Gasteiger partial charge in [-0.1, -0.05) is 35.3 Å². The van der Waals surface area contributed by atoms with E-state index < -0.39 is 17.7 Å². The van der Waals surface area contributed by atoms with Gasteiger partial charge in [-0.15, -0.1) is 0 Å². The molecule has 0 amide bonds. The van der Waals surface area contributed by atoms with Crippen molar-refractivity contribution >= 4 is 23.2 Å². The third-order valence-electron chi connectivity index (χ3n) is 2.80. The molecule has 0 N–H and O–H groups in total. The largest absolute Gasteiger partial charge is 0.417 e. The Balaban J connectivity index is 2.44. The van der Waals surface area contributed by atoms with E-state index in [1.807, 2.05) is 6.07 Å². The Morgan fingerprint density at radius 3 is 2.24 bits per heavy atom. The second-order valence-electron chi connectivity index (χ2n) is 4.20. The van der Waals surface area contributed by atoms with E-state index in [1.54, 1.807) is 24.3 Å². The molecule has 7 heteroatoms. The van der Waals surface area contributed by atoms with Crippen molar-refractivity contribution in [2.24, 2.45) is 0 Å². The van der Waals surface area contributed by atoms with Crippen molar-refractivity contribution in [2.45, 2.75) is 12.1 Å². The van der Waals surface area contributed by atoms with Crippen molar-refractivity contribution in [3.05, 3.63) is 63.4 Å². The van der Waals surface area contributed by atoms with Gasteiger partial charge in [-0.05, 0) is 23.8 Å². The van der Waals surface area contributed by atoms with Gasteiger partial charge in [0.2, 0.25) is 0 Å². The monoisotopic (exact) mass is 330 g/mol. The molecule has 0 aliphatic rings. The lowest BCUT2D eigenvalue weighted by Gasteiger charge is -2.13. The molecular formula is C14H7Cl2F3N2. The Morgan fingerprint density at radius 1 is 1.14 bits per heavy atom. The van der Waals surface area contributed by atoms with Crippen molar-refractivity contribution in [2.75, 3.05) is 0 Å². The van der Waals surface area contributed by atoms with Crippen molar-refractivity contribution in [1.82, 2.24) is 4.98 Å². The highest BCUT2D eigenvalue weighted by Gasteiger charge is 2.32. The molecule has 1 heterocycles. The van der Waals surface area contributed by atoms with E-state index in [-0.39, 0.29) is 10.7 Å². The maximum absolute atomic E-state index is 12.6. The Bertz CT molecular complexity index is 691. The molecule has 1 aromatic carbocycles. The fourth-order valence-corrected chi connectivity index (χ4v) is 2.17. The molecule has 0 saturated heterocycles. The molecule has 2 aromatic rings. The first-order valence-corrected chi connectivity index (χ1v) is 6.46. The maximum Gasteiger partial charge on any atom is 0.417 e.